The third-order valence-electron chi connectivity index (χ3n) is 3.50. The van der Waals surface area contributed by atoms with Gasteiger partial charge in [-0.3, -0.25) is 4.79 Å². The lowest BCUT2D eigenvalue weighted by molar-refractivity contribution is -0.123. The second-order valence-electron chi connectivity index (χ2n) is 7.94. The highest BCUT2D eigenvalue weighted by Gasteiger charge is 2.26. The summed E-state index contributed by atoms with van der Waals surface area (Å²) in [6, 6.07) is 0. The number of hydrogen-bond donors (Lipinski definition) is 2. The molecule has 20 heavy (non-hydrogen) atoms. The molecule has 0 bridgehead atoms. The van der Waals surface area contributed by atoms with Crippen LogP contribution in [-0.2, 0) is 4.79 Å². The summed E-state index contributed by atoms with van der Waals surface area (Å²) in [7, 11) is 0. The van der Waals surface area contributed by atoms with E-state index in [9.17, 15) is 4.79 Å². The summed E-state index contributed by atoms with van der Waals surface area (Å²) in [6.45, 7) is 13.8. The maximum Gasteiger partial charge on any atom is 0.220 e. The molecule has 3 heteroatoms. The van der Waals surface area contributed by atoms with E-state index in [-0.39, 0.29) is 16.9 Å². The van der Waals surface area contributed by atoms with Crippen molar-refractivity contribution in [1.29, 1.82) is 0 Å². The summed E-state index contributed by atoms with van der Waals surface area (Å²) >= 11 is 0. The summed E-state index contributed by atoms with van der Waals surface area (Å²) in [5.74, 6) is 0.777. The minimum atomic E-state index is -0.135. The maximum atomic E-state index is 12.1. The molecule has 1 atom stereocenters. The van der Waals surface area contributed by atoms with E-state index in [0.29, 0.717) is 12.3 Å². The molecule has 0 aliphatic carbocycles. The Kier molecular flexibility index (Phi) is 8.41. The predicted molar refractivity (Wildman–Crippen MR) is 87.6 cm³/mol. The van der Waals surface area contributed by atoms with E-state index in [2.05, 4.69) is 46.9 Å². The molecule has 0 saturated carbocycles. The van der Waals surface area contributed by atoms with E-state index in [0.717, 1.165) is 25.8 Å². The van der Waals surface area contributed by atoms with Crippen molar-refractivity contribution in [3.8, 4) is 0 Å². The van der Waals surface area contributed by atoms with Gasteiger partial charge < -0.3 is 11.1 Å². The van der Waals surface area contributed by atoms with Crippen molar-refractivity contribution in [2.45, 2.75) is 85.6 Å². The molecule has 0 heterocycles. The average Bonchev–Trinajstić information content (AvgIpc) is 2.22. The SMILES string of the molecule is CCCC(CCN)CCC(=O)NC(C)(C)CC(C)(C)C. The Bertz CT molecular complexity index is 273. The van der Waals surface area contributed by atoms with Gasteiger partial charge in [-0.05, 0) is 51.0 Å². The van der Waals surface area contributed by atoms with E-state index in [1.54, 1.807) is 0 Å². The standard InChI is InChI=1S/C17H36N2O/c1-7-8-14(11-12-18)9-10-15(20)19-17(5,6)13-16(2,3)4/h14H,7-13,18H2,1-6H3,(H,19,20). The third kappa shape index (κ3) is 10.2. The molecule has 0 aromatic rings. The molecular formula is C17H36N2O. The Morgan fingerprint density at radius 1 is 1.10 bits per heavy atom. The van der Waals surface area contributed by atoms with Gasteiger partial charge >= 0.3 is 0 Å². The first-order valence-electron chi connectivity index (χ1n) is 8.10. The Morgan fingerprint density at radius 3 is 2.15 bits per heavy atom. The normalized spacial score (nSPS) is 14.2. The van der Waals surface area contributed by atoms with E-state index < -0.39 is 0 Å². The number of rotatable bonds is 9. The molecule has 0 aromatic heterocycles. The summed E-state index contributed by atoms with van der Waals surface area (Å²) in [5, 5.41) is 3.18. The van der Waals surface area contributed by atoms with Gasteiger partial charge in [-0.1, -0.05) is 40.5 Å². The highest BCUT2D eigenvalue weighted by atomic mass is 16.1. The van der Waals surface area contributed by atoms with Crippen LogP contribution in [0.15, 0.2) is 0 Å². The summed E-state index contributed by atoms with van der Waals surface area (Å²) in [4.78, 5) is 12.1. The van der Waals surface area contributed by atoms with Crippen molar-refractivity contribution in [3.63, 3.8) is 0 Å². The smallest absolute Gasteiger partial charge is 0.220 e. The largest absolute Gasteiger partial charge is 0.351 e. The Balaban J connectivity index is 4.20. The molecule has 0 aliphatic rings. The minimum Gasteiger partial charge on any atom is -0.351 e. The monoisotopic (exact) mass is 284 g/mol. The van der Waals surface area contributed by atoms with Gasteiger partial charge in [-0.15, -0.1) is 0 Å². The van der Waals surface area contributed by atoms with Crippen LogP contribution in [0.2, 0.25) is 0 Å². The first kappa shape index (κ1) is 19.4. The van der Waals surface area contributed by atoms with Gasteiger partial charge in [-0.25, -0.2) is 0 Å². The number of hydrogen-bond acceptors (Lipinski definition) is 2. The predicted octanol–water partition coefficient (Wildman–Crippen LogP) is 3.86. The molecule has 1 amide bonds. The Labute approximate surface area is 126 Å². The molecule has 0 saturated heterocycles. The number of amides is 1. The van der Waals surface area contributed by atoms with Crippen LogP contribution < -0.4 is 11.1 Å². The first-order valence-corrected chi connectivity index (χ1v) is 8.10. The van der Waals surface area contributed by atoms with Gasteiger partial charge in [0.25, 0.3) is 0 Å². The minimum absolute atomic E-state index is 0.135. The topological polar surface area (TPSA) is 55.1 Å². The fourth-order valence-electron chi connectivity index (χ4n) is 3.22. The van der Waals surface area contributed by atoms with Crippen molar-refractivity contribution in [2.24, 2.45) is 17.1 Å². The highest BCUT2D eigenvalue weighted by Crippen LogP contribution is 2.27. The zero-order valence-electron chi connectivity index (χ0n) is 14.5. The van der Waals surface area contributed by atoms with Gasteiger partial charge in [-0.2, -0.15) is 0 Å². The fourth-order valence-corrected chi connectivity index (χ4v) is 3.22. The zero-order valence-corrected chi connectivity index (χ0v) is 14.5. The maximum absolute atomic E-state index is 12.1. The van der Waals surface area contributed by atoms with Gasteiger partial charge in [0.15, 0.2) is 0 Å². The zero-order chi connectivity index (χ0) is 15.8. The second-order valence-corrected chi connectivity index (χ2v) is 7.94. The van der Waals surface area contributed by atoms with E-state index in [4.69, 9.17) is 5.73 Å². The Hall–Kier alpha value is -0.570. The van der Waals surface area contributed by atoms with Crippen LogP contribution in [0.5, 0.6) is 0 Å². The van der Waals surface area contributed by atoms with Crippen LogP contribution in [-0.4, -0.2) is 18.0 Å². The van der Waals surface area contributed by atoms with Crippen LogP contribution in [0.3, 0.4) is 0 Å². The number of nitrogens with one attached hydrogen (secondary N) is 1. The Morgan fingerprint density at radius 2 is 1.70 bits per heavy atom. The number of carbonyl (C=O) groups is 1. The van der Waals surface area contributed by atoms with Crippen molar-refractivity contribution in [2.75, 3.05) is 6.54 Å². The molecule has 0 radical (unpaired) electrons. The van der Waals surface area contributed by atoms with Crippen molar-refractivity contribution < 1.29 is 4.79 Å². The molecule has 120 valence electrons. The second kappa shape index (κ2) is 8.66. The average molecular weight is 284 g/mol. The van der Waals surface area contributed by atoms with Gasteiger partial charge in [0, 0.05) is 12.0 Å². The molecule has 0 fully saturated rings. The molecule has 0 rings (SSSR count). The summed E-state index contributed by atoms with van der Waals surface area (Å²) in [5.41, 5.74) is 5.72. The van der Waals surface area contributed by atoms with E-state index in [1.165, 1.54) is 12.8 Å². The fraction of sp³-hybridized carbons (Fsp3) is 0.941. The van der Waals surface area contributed by atoms with E-state index >= 15 is 0 Å². The molecule has 0 aliphatic heterocycles. The van der Waals surface area contributed by atoms with E-state index in [1.807, 2.05) is 0 Å². The van der Waals surface area contributed by atoms with Crippen LogP contribution in [0.25, 0.3) is 0 Å². The first-order chi connectivity index (χ1) is 9.09. The van der Waals surface area contributed by atoms with Crippen LogP contribution >= 0.6 is 0 Å². The highest BCUT2D eigenvalue weighted by molar-refractivity contribution is 5.76. The summed E-state index contributed by atoms with van der Waals surface area (Å²) in [6.07, 6.45) is 5.94. The third-order valence-corrected chi connectivity index (χ3v) is 3.50. The van der Waals surface area contributed by atoms with Gasteiger partial charge in [0.2, 0.25) is 5.91 Å². The molecular weight excluding hydrogens is 248 g/mol. The quantitative estimate of drug-likeness (QED) is 0.675. The van der Waals surface area contributed by atoms with Crippen LogP contribution in [0.1, 0.15) is 80.1 Å². The summed E-state index contributed by atoms with van der Waals surface area (Å²) < 4.78 is 0. The van der Waals surface area contributed by atoms with Crippen LogP contribution in [0.4, 0.5) is 0 Å². The number of carbonyl (C=O) groups excluding carboxylic acids is 1. The number of nitrogens with two attached hydrogens (primary N) is 1. The van der Waals surface area contributed by atoms with Crippen molar-refractivity contribution in [1.82, 2.24) is 5.32 Å². The van der Waals surface area contributed by atoms with Crippen molar-refractivity contribution in [3.05, 3.63) is 0 Å². The molecule has 3 N–H and O–H groups in total. The lowest BCUT2D eigenvalue weighted by Crippen LogP contribution is -2.45. The molecule has 1 unspecified atom stereocenters. The van der Waals surface area contributed by atoms with Crippen molar-refractivity contribution >= 4 is 5.91 Å². The molecule has 0 aromatic carbocycles. The lowest BCUT2D eigenvalue weighted by Gasteiger charge is -2.33. The van der Waals surface area contributed by atoms with Gasteiger partial charge in [0.05, 0.1) is 0 Å². The molecule has 0 spiro atoms. The van der Waals surface area contributed by atoms with Crippen LogP contribution in [0, 0.1) is 11.3 Å². The lowest BCUT2D eigenvalue weighted by atomic mass is 9.81. The van der Waals surface area contributed by atoms with Gasteiger partial charge in [0.1, 0.15) is 0 Å². The molecule has 3 nitrogen and oxygen atoms in total.